The van der Waals surface area contributed by atoms with Gasteiger partial charge in [0.25, 0.3) is 0 Å². The predicted octanol–water partition coefficient (Wildman–Crippen LogP) is 3.90. The highest BCUT2D eigenvalue weighted by atomic mass is 79.9. The van der Waals surface area contributed by atoms with Crippen LogP contribution >= 0.6 is 15.9 Å². The Morgan fingerprint density at radius 1 is 1.30 bits per heavy atom. The van der Waals surface area contributed by atoms with Crippen LogP contribution in [-0.4, -0.2) is 26.7 Å². The lowest BCUT2D eigenvalue weighted by molar-refractivity contribution is -0.137. The SMILES string of the molecule is CN(CC1CCNCC1)c1ccc(Br)cc1C(F)(F)F. The number of nitrogens with zero attached hydrogens (tertiary/aromatic N) is 1. The first-order valence-corrected chi connectivity index (χ1v) is 7.46. The summed E-state index contributed by atoms with van der Waals surface area (Å²) < 4.78 is 39.8. The van der Waals surface area contributed by atoms with Crippen molar-refractivity contribution in [3.05, 3.63) is 28.2 Å². The number of rotatable bonds is 3. The molecule has 2 nitrogen and oxygen atoms in total. The molecule has 2 rings (SSSR count). The first kappa shape index (κ1) is 15.6. The topological polar surface area (TPSA) is 15.3 Å². The second-order valence-electron chi connectivity index (χ2n) is 5.23. The number of halogens is 4. The van der Waals surface area contributed by atoms with Crippen LogP contribution in [-0.2, 0) is 6.18 Å². The smallest absolute Gasteiger partial charge is 0.374 e. The average molecular weight is 351 g/mol. The Morgan fingerprint density at radius 3 is 2.55 bits per heavy atom. The van der Waals surface area contributed by atoms with E-state index in [2.05, 4.69) is 21.2 Å². The molecule has 1 aromatic rings. The number of hydrogen-bond acceptors (Lipinski definition) is 2. The van der Waals surface area contributed by atoms with Gasteiger partial charge in [-0.15, -0.1) is 0 Å². The van der Waals surface area contributed by atoms with Crippen molar-refractivity contribution in [2.45, 2.75) is 19.0 Å². The Morgan fingerprint density at radius 2 is 1.95 bits per heavy atom. The molecule has 0 saturated carbocycles. The summed E-state index contributed by atoms with van der Waals surface area (Å²) >= 11 is 3.11. The Hall–Kier alpha value is -0.750. The summed E-state index contributed by atoms with van der Waals surface area (Å²) in [5.41, 5.74) is -0.331. The van der Waals surface area contributed by atoms with Crippen LogP contribution < -0.4 is 10.2 Å². The molecule has 0 aromatic heterocycles. The normalized spacial score (nSPS) is 17.2. The lowest BCUT2D eigenvalue weighted by atomic mass is 9.97. The minimum absolute atomic E-state index is 0.249. The van der Waals surface area contributed by atoms with Crippen molar-refractivity contribution in [1.29, 1.82) is 0 Å². The average Bonchev–Trinajstić information content (AvgIpc) is 2.38. The van der Waals surface area contributed by atoms with Crippen LogP contribution in [0.3, 0.4) is 0 Å². The van der Waals surface area contributed by atoms with Crippen LogP contribution in [0.5, 0.6) is 0 Å². The van der Waals surface area contributed by atoms with E-state index in [-0.39, 0.29) is 5.69 Å². The van der Waals surface area contributed by atoms with Gasteiger partial charge in [-0.3, -0.25) is 0 Å². The molecule has 1 N–H and O–H groups in total. The Kier molecular flexibility index (Phi) is 4.96. The van der Waals surface area contributed by atoms with Gasteiger partial charge in [-0.25, -0.2) is 0 Å². The van der Waals surface area contributed by atoms with E-state index in [4.69, 9.17) is 0 Å². The van der Waals surface area contributed by atoms with Gasteiger partial charge in [-0.1, -0.05) is 15.9 Å². The second-order valence-corrected chi connectivity index (χ2v) is 6.15. The number of alkyl halides is 3. The zero-order valence-corrected chi connectivity index (χ0v) is 12.9. The number of anilines is 1. The van der Waals surface area contributed by atoms with Crippen molar-refractivity contribution in [2.24, 2.45) is 5.92 Å². The molecule has 0 spiro atoms. The predicted molar refractivity (Wildman–Crippen MR) is 78.0 cm³/mol. The maximum Gasteiger partial charge on any atom is 0.418 e. The molecule has 1 aliphatic rings. The van der Waals surface area contributed by atoms with Gasteiger partial charge in [-0.05, 0) is 50.0 Å². The quantitative estimate of drug-likeness (QED) is 0.889. The minimum Gasteiger partial charge on any atom is -0.374 e. The lowest BCUT2D eigenvalue weighted by Gasteiger charge is -2.30. The molecule has 0 atom stereocenters. The molecule has 6 heteroatoms. The molecule has 20 heavy (non-hydrogen) atoms. The zero-order chi connectivity index (χ0) is 14.8. The number of hydrogen-bond donors (Lipinski definition) is 1. The van der Waals surface area contributed by atoms with Crippen molar-refractivity contribution in [2.75, 3.05) is 31.6 Å². The minimum atomic E-state index is -4.33. The highest BCUT2D eigenvalue weighted by Gasteiger charge is 2.35. The molecule has 1 fully saturated rings. The fraction of sp³-hybridized carbons (Fsp3) is 0.571. The Labute approximate surface area is 125 Å². The van der Waals surface area contributed by atoms with Crippen molar-refractivity contribution in [3.8, 4) is 0 Å². The molecule has 1 saturated heterocycles. The van der Waals surface area contributed by atoms with Gasteiger partial charge in [0.2, 0.25) is 0 Å². The van der Waals surface area contributed by atoms with E-state index < -0.39 is 11.7 Å². The van der Waals surface area contributed by atoms with E-state index in [1.54, 1.807) is 18.0 Å². The van der Waals surface area contributed by atoms with Gasteiger partial charge in [0.05, 0.1) is 5.56 Å². The molecular formula is C14H18BrF3N2. The monoisotopic (exact) mass is 350 g/mol. The van der Waals surface area contributed by atoms with Crippen molar-refractivity contribution in [3.63, 3.8) is 0 Å². The third kappa shape index (κ3) is 3.88. The van der Waals surface area contributed by atoms with E-state index in [9.17, 15) is 13.2 Å². The van der Waals surface area contributed by atoms with Gasteiger partial charge in [0, 0.05) is 23.8 Å². The van der Waals surface area contributed by atoms with E-state index in [0.29, 0.717) is 16.9 Å². The molecule has 112 valence electrons. The van der Waals surface area contributed by atoms with Crippen LogP contribution in [0.25, 0.3) is 0 Å². The van der Waals surface area contributed by atoms with Gasteiger partial charge < -0.3 is 10.2 Å². The van der Waals surface area contributed by atoms with Gasteiger partial charge >= 0.3 is 6.18 Å². The molecule has 0 radical (unpaired) electrons. The van der Waals surface area contributed by atoms with Crippen LogP contribution in [0.4, 0.5) is 18.9 Å². The third-order valence-electron chi connectivity index (χ3n) is 3.67. The first-order valence-electron chi connectivity index (χ1n) is 6.66. The molecule has 0 amide bonds. The number of benzene rings is 1. The maximum absolute atomic E-state index is 13.1. The van der Waals surface area contributed by atoms with E-state index in [0.717, 1.165) is 32.0 Å². The van der Waals surface area contributed by atoms with Gasteiger partial charge in [-0.2, -0.15) is 13.2 Å². The van der Waals surface area contributed by atoms with Gasteiger partial charge in [0.15, 0.2) is 0 Å². The van der Waals surface area contributed by atoms with Crippen molar-refractivity contribution >= 4 is 21.6 Å². The van der Waals surface area contributed by atoms with Crippen LogP contribution in [0.15, 0.2) is 22.7 Å². The fourth-order valence-corrected chi connectivity index (χ4v) is 2.98. The van der Waals surface area contributed by atoms with Crippen LogP contribution in [0.1, 0.15) is 18.4 Å². The molecule has 1 aliphatic heterocycles. The van der Waals surface area contributed by atoms with Crippen molar-refractivity contribution < 1.29 is 13.2 Å². The van der Waals surface area contributed by atoms with E-state index in [1.807, 2.05) is 0 Å². The zero-order valence-electron chi connectivity index (χ0n) is 11.3. The third-order valence-corrected chi connectivity index (χ3v) is 4.16. The van der Waals surface area contributed by atoms with Crippen molar-refractivity contribution in [1.82, 2.24) is 5.32 Å². The standard InChI is InChI=1S/C14H18BrF3N2/c1-20(9-10-4-6-19-7-5-10)13-3-2-11(15)8-12(13)14(16,17)18/h2-3,8,10,19H,4-7,9H2,1H3. The summed E-state index contributed by atoms with van der Waals surface area (Å²) in [6, 6.07) is 4.34. The first-order chi connectivity index (χ1) is 9.38. The fourth-order valence-electron chi connectivity index (χ4n) is 2.62. The summed E-state index contributed by atoms with van der Waals surface area (Å²) in [5.74, 6) is 0.450. The molecule has 0 bridgehead atoms. The summed E-state index contributed by atoms with van der Waals surface area (Å²) in [6.07, 6.45) is -2.30. The molecule has 1 aromatic carbocycles. The lowest BCUT2D eigenvalue weighted by Crippen LogP contribution is -2.35. The molecule has 1 heterocycles. The number of piperidine rings is 1. The summed E-state index contributed by atoms with van der Waals surface area (Å²) in [5, 5.41) is 3.27. The summed E-state index contributed by atoms with van der Waals surface area (Å²) in [6.45, 7) is 2.56. The number of nitrogens with one attached hydrogen (secondary N) is 1. The second kappa shape index (κ2) is 6.35. The van der Waals surface area contributed by atoms with E-state index >= 15 is 0 Å². The highest BCUT2D eigenvalue weighted by Crippen LogP contribution is 2.38. The Bertz CT molecular complexity index is 456. The Balaban J connectivity index is 2.18. The maximum atomic E-state index is 13.1. The summed E-state index contributed by atoms with van der Waals surface area (Å²) in [7, 11) is 1.74. The van der Waals surface area contributed by atoms with Crippen LogP contribution in [0, 0.1) is 5.92 Å². The molecule has 0 unspecified atom stereocenters. The molecular weight excluding hydrogens is 333 g/mol. The largest absolute Gasteiger partial charge is 0.418 e. The highest BCUT2D eigenvalue weighted by molar-refractivity contribution is 9.10. The van der Waals surface area contributed by atoms with Crippen LogP contribution in [0.2, 0.25) is 0 Å². The van der Waals surface area contributed by atoms with Gasteiger partial charge in [0.1, 0.15) is 0 Å². The van der Waals surface area contributed by atoms with E-state index in [1.165, 1.54) is 6.07 Å². The molecule has 0 aliphatic carbocycles. The summed E-state index contributed by atoms with van der Waals surface area (Å²) in [4.78, 5) is 1.73.